The lowest BCUT2D eigenvalue weighted by Gasteiger charge is -2.16. The Kier molecular flexibility index (Phi) is 2.04. The van der Waals surface area contributed by atoms with Gasteiger partial charge in [-0.3, -0.25) is 10.4 Å². The van der Waals surface area contributed by atoms with Crippen molar-refractivity contribution in [3.8, 4) is 0 Å². The largest absolute Gasteiger partial charge is 0.370 e. The van der Waals surface area contributed by atoms with E-state index in [0.29, 0.717) is 5.92 Å². The van der Waals surface area contributed by atoms with E-state index in [1.165, 1.54) is 10.9 Å². The Hall–Kier alpha value is -2.10. The fraction of sp³-hybridized carbons (Fsp3) is 0.231. The number of guanidine groups is 1. The number of fused-ring (bicyclic) bond motifs is 3. The molecule has 1 aromatic heterocycles. The van der Waals surface area contributed by atoms with Crippen molar-refractivity contribution in [2.45, 2.75) is 12.8 Å². The van der Waals surface area contributed by atoms with Gasteiger partial charge in [-0.1, -0.05) is 25.1 Å². The van der Waals surface area contributed by atoms with Gasteiger partial charge in [-0.15, -0.1) is 0 Å². The molecular weight excluding hydrogens is 212 g/mol. The third kappa shape index (κ3) is 1.37. The molecule has 1 atom stereocenters. The van der Waals surface area contributed by atoms with Gasteiger partial charge in [-0.05, 0) is 11.6 Å². The summed E-state index contributed by atoms with van der Waals surface area (Å²) in [6.45, 7) is 2.93. The lowest BCUT2D eigenvalue weighted by Crippen LogP contribution is -2.35. The first-order valence-electron chi connectivity index (χ1n) is 5.67. The number of nitrogens with two attached hydrogens (primary N) is 1. The van der Waals surface area contributed by atoms with E-state index >= 15 is 0 Å². The van der Waals surface area contributed by atoms with E-state index in [4.69, 9.17) is 11.1 Å². The predicted molar refractivity (Wildman–Crippen MR) is 69.4 cm³/mol. The maximum absolute atomic E-state index is 7.60. The first-order valence-corrected chi connectivity index (χ1v) is 5.67. The fourth-order valence-corrected chi connectivity index (χ4v) is 2.58. The second-order valence-electron chi connectivity index (χ2n) is 4.47. The molecule has 2 aromatic rings. The lowest BCUT2D eigenvalue weighted by molar-refractivity contribution is 0.822. The van der Waals surface area contributed by atoms with E-state index in [-0.39, 0.29) is 5.96 Å². The number of hydrogen-bond donors (Lipinski definition) is 2. The summed E-state index contributed by atoms with van der Waals surface area (Å²) in [5.74, 6) is 0.467. The summed E-state index contributed by atoms with van der Waals surface area (Å²) >= 11 is 0. The van der Waals surface area contributed by atoms with E-state index in [9.17, 15) is 0 Å². The minimum Gasteiger partial charge on any atom is -0.370 e. The predicted octanol–water partition coefficient (Wildman–Crippen LogP) is 2.05. The highest BCUT2D eigenvalue weighted by atomic mass is 15.3. The van der Waals surface area contributed by atoms with Crippen LogP contribution in [0.2, 0.25) is 0 Å². The van der Waals surface area contributed by atoms with Crippen molar-refractivity contribution in [2.75, 3.05) is 11.4 Å². The zero-order chi connectivity index (χ0) is 12.0. The number of benzene rings is 1. The first kappa shape index (κ1) is 10.1. The first-order chi connectivity index (χ1) is 8.18. The molecule has 0 bridgehead atoms. The minimum absolute atomic E-state index is 0.0904. The molecule has 1 unspecified atom stereocenters. The molecule has 0 fully saturated rings. The molecule has 2 heterocycles. The van der Waals surface area contributed by atoms with Crippen molar-refractivity contribution >= 4 is 22.5 Å². The third-order valence-corrected chi connectivity index (χ3v) is 3.33. The molecule has 0 amide bonds. The van der Waals surface area contributed by atoms with E-state index in [0.717, 1.165) is 17.7 Å². The van der Waals surface area contributed by atoms with Crippen LogP contribution in [0.1, 0.15) is 18.4 Å². The molecule has 1 aliphatic heterocycles. The summed E-state index contributed by atoms with van der Waals surface area (Å²) in [4.78, 5) is 6.24. The maximum atomic E-state index is 7.60. The Morgan fingerprint density at radius 3 is 3.00 bits per heavy atom. The van der Waals surface area contributed by atoms with Gasteiger partial charge < -0.3 is 10.6 Å². The number of nitrogens with one attached hydrogen (secondary N) is 1. The number of para-hydroxylation sites is 1. The number of anilines is 1. The summed E-state index contributed by atoms with van der Waals surface area (Å²) in [5, 5.41) is 8.76. The standard InChI is InChI=1S/C13H14N4/c1-8-7-17(13(14)15)11-6-16-10-5-3-2-4-9(10)12(8)11/h2-6,8H,7H2,1H3,(H3,14,15). The smallest absolute Gasteiger partial charge is 0.193 e. The molecule has 1 aromatic carbocycles. The number of rotatable bonds is 0. The van der Waals surface area contributed by atoms with Crippen molar-refractivity contribution in [1.29, 1.82) is 5.41 Å². The van der Waals surface area contributed by atoms with Crippen LogP contribution in [0.15, 0.2) is 30.5 Å². The van der Waals surface area contributed by atoms with Gasteiger partial charge in [-0.25, -0.2) is 0 Å². The molecule has 3 N–H and O–H groups in total. The highest BCUT2D eigenvalue weighted by molar-refractivity contribution is 5.99. The van der Waals surface area contributed by atoms with Crippen molar-refractivity contribution < 1.29 is 0 Å². The zero-order valence-electron chi connectivity index (χ0n) is 9.64. The Morgan fingerprint density at radius 1 is 1.47 bits per heavy atom. The number of nitrogens with zero attached hydrogens (tertiary/aromatic N) is 2. The van der Waals surface area contributed by atoms with E-state index in [1.54, 1.807) is 0 Å². The number of aromatic nitrogens is 1. The lowest BCUT2D eigenvalue weighted by atomic mass is 9.99. The molecule has 0 aliphatic carbocycles. The molecule has 86 valence electrons. The monoisotopic (exact) mass is 226 g/mol. The van der Waals surface area contributed by atoms with Gasteiger partial charge in [0.2, 0.25) is 0 Å². The van der Waals surface area contributed by atoms with Crippen LogP contribution in [0, 0.1) is 5.41 Å². The SMILES string of the molecule is CC1CN(C(=N)N)c2cnc3ccccc3c21. The van der Waals surface area contributed by atoms with Crippen LogP contribution in [-0.2, 0) is 0 Å². The van der Waals surface area contributed by atoms with Crippen LogP contribution in [0.4, 0.5) is 5.69 Å². The van der Waals surface area contributed by atoms with Crippen LogP contribution in [0.5, 0.6) is 0 Å². The molecule has 0 radical (unpaired) electrons. The molecule has 4 nitrogen and oxygen atoms in total. The molecule has 0 spiro atoms. The van der Waals surface area contributed by atoms with Gasteiger partial charge in [0.15, 0.2) is 5.96 Å². The molecular formula is C13H14N4. The molecule has 1 aliphatic rings. The van der Waals surface area contributed by atoms with Gasteiger partial charge in [0.25, 0.3) is 0 Å². The molecule has 17 heavy (non-hydrogen) atoms. The molecule has 0 saturated heterocycles. The Labute approximate surface area is 99.6 Å². The van der Waals surface area contributed by atoms with Crippen LogP contribution >= 0.6 is 0 Å². The van der Waals surface area contributed by atoms with Crippen LogP contribution in [-0.4, -0.2) is 17.5 Å². The van der Waals surface area contributed by atoms with Crippen molar-refractivity contribution in [3.63, 3.8) is 0 Å². The van der Waals surface area contributed by atoms with E-state index < -0.39 is 0 Å². The average molecular weight is 226 g/mol. The van der Waals surface area contributed by atoms with Gasteiger partial charge >= 0.3 is 0 Å². The topological polar surface area (TPSA) is 66.0 Å². The summed E-state index contributed by atoms with van der Waals surface area (Å²) < 4.78 is 0. The summed E-state index contributed by atoms with van der Waals surface area (Å²) in [6, 6.07) is 8.11. The van der Waals surface area contributed by atoms with Crippen LogP contribution in [0.3, 0.4) is 0 Å². The number of hydrogen-bond acceptors (Lipinski definition) is 2. The average Bonchev–Trinajstić information content (AvgIpc) is 2.67. The normalized spacial score (nSPS) is 18.4. The Balaban J connectivity index is 2.30. The van der Waals surface area contributed by atoms with Crippen molar-refractivity contribution in [3.05, 3.63) is 36.0 Å². The number of pyridine rings is 1. The summed E-state index contributed by atoms with van der Waals surface area (Å²) in [7, 11) is 0. The van der Waals surface area contributed by atoms with Crippen LogP contribution in [0.25, 0.3) is 10.9 Å². The van der Waals surface area contributed by atoms with Crippen LogP contribution < -0.4 is 10.6 Å². The third-order valence-electron chi connectivity index (χ3n) is 3.33. The minimum atomic E-state index is 0.0904. The second kappa shape index (κ2) is 3.45. The maximum Gasteiger partial charge on any atom is 0.193 e. The van der Waals surface area contributed by atoms with Gasteiger partial charge in [0.1, 0.15) is 0 Å². The highest BCUT2D eigenvalue weighted by Crippen LogP contribution is 2.39. The van der Waals surface area contributed by atoms with E-state index in [1.807, 2.05) is 29.3 Å². The summed E-state index contributed by atoms with van der Waals surface area (Å²) in [5.41, 5.74) is 8.83. The van der Waals surface area contributed by atoms with Crippen molar-refractivity contribution in [2.24, 2.45) is 5.73 Å². The molecule has 0 saturated carbocycles. The quantitative estimate of drug-likeness (QED) is 0.533. The highest BCUT2D eigenvalue weighted by Gasteiger charge is 2.29. The second-order valence-corrected chi connectivity index (χ2v) is 4.47. The molecule has 4 heteroatoms. The summed E-state index contributed by atoms with van der Waals surface area (Å²) in [6.07, 6.45) is 1.82. The van der Waals surface area contributed by atoms with E-state index in [2.05, 4.69) is 18.0 Å². The van der Waals surface area contributed by atoms with Gasteiger partial charge in [0, 0.05) is 17.8 Å². The van der Waals surface area contributed by atoms with Gasteiger partial charge in [-0.2, -0.15) is 0 Å². The van der Waals surface area contributed by atoms with Gasteiger partial charge in [0.05, 0.1) is 17.4 Å². The molecule has 3 rings (SSSR count). The zero-order valence-corrected chi connectivity index (χ0v) is 9.64. The van der Waals surface area contributed by atoms with Crippen molar-refractivity contribution in [1.82, 2.24) is 4.98 Å². The fourth-order valence-electron chi connectivity index (χ4n) is 2.58. The Bertz CT molecular complexity index is 605. The Morgan fingerprint density at radius 2 is 2.24 bits per heavy atom.